The molecule has 0 bridgehead atoms. The largest absolute Gasteiger partial charge is 1.00 e. The van der Waals surface area contributed by atoms with E-state index in [0.717, 1.165) is 16.5 Å². The van der Waals surface area contributed by atoms with E-state index in [4.69, 9.17) is 0 Å². The maximum absolute atomic E-state index is 10.5. The van der Waals surface area contributed by atoms with Crippen LogP contribution in [-0.4, -0.2) is 25.3 Å². The second-order valence-electron chi connectivity index (χ2n) is 4.07. The third-order valence-electron chi connectivity index (χ3n) is 2.68. The Morgan fingerprint density at radius 2 is 1.74 bits per heavy atom. The molecule has 19 heavy (non-hydrogen) atoms. The average Bonchev–Trinajstić information content (AvgIpc) is 2.33. The topological polar surface area (TPSA) is 69.2 Å². The Morgan fingerprint density at radius 1 is 1.05 bits per heavy atom. The summed E-state index contributed by atoms with van der Waals surface area (Å²) in [5.74, 6) is -0.329. The summed E-state index contributed by atoms with van der Waals surface area (Å²) in [5.41, 5.74) is 0.955. The number of nitrogens with one attached hydrogen (secondary N) is 1. The second-order valence-corrected chi connectivity index (χ2v) is 5.59. The van der Waals surface area contributed by atoms with E-state index >= 15 is 0 Å². The minimum Gasteiger partial charge on any atom is -0.748 e. The van der Waals surface area contributed by atoms with Crippen LogP contribution in [0.15, 0.2) is 42.5 Å². The fraction of sp³-hybridized carbons (Fsp3) is 0.231. The van der Waals surface area contributed by atoms with Crippen molar-refractivity contribution in [2.75, 3.05) is 17.6 Å². The van der Waals surface area contributed by atoms with Gasteiger partial charge in [0, 0.05) is 23.4 Å². The van der Waals surface area contributed by atoms with E-state index in [1.807, 2.05) is 42.5 Å². The van der Waals surface area contributed by atoms with Crippen molar-refractivity contribution in [3.63, 3.8) is 0 Å². The number of rotatable bonds is 5. The molecule has 2 aromatic carbocycles. The maximum Gasteiger partial charge on any atom is 1.00 e. The van der Waals surface area contributed by atoms with Crippen LogP contribution in [0.5, 0.6) is 0 Å². The molecule has 0 aliphatic heterocycles. The molecule has 4 nitrogen and oxygen atoms in total. The van der Waals surface area contributed by atoms with Gasteiger partial charge in [0.25, 0.3) is 0 Å². The predicted octanol–water partition coefficient (Wildman–Crippen LogP) is -0.809. The summed E-state index contributed by atoms with van der Waals surface area (Å²) in [7, 11) is -4.11. The number of benzene rings is 2. The summed E-state index contributed by atoms with van der Waals surface area (Å²) in [6, 6.07) is 13.8. The number of anilines is 1. The monoisotopic (exact) mass is 287 g/mol. The molecule has 6 heteroatoms. The first-order valence-electron chi connectivity index (χ1n) is 5.71. The third kappa shape index (κ3) is 5.12. The molecule has 0 atom stereocenters. The molecule has 0 saturated carbocycles. The van der Waals surface area contributed by atoms with Gasteiger partial charge < -0.3 is 9.87 Å². The van der Waals surface area contributed by atoms with Crippen LogP contribution in [0, 0.1) is 0 Å². The van der Waals surface area contributed by atoms with Gasteiger partial charge in [-0.1, -0.05) is 36.4 Å². The molecule has 0 aliphatic rings. The van der Waals surface area contributed by atoms with Crippen molar-refractivity contribution in [1.82, 2.24) is 0 Å². The summed E-state index contributed by atoms with van der Waals surface area (Å²) in [5, 5.41) is 5.37. The van der Waals surface area contributed by atoms with Crippen LogP contribution in [0.3, 0.4) is 0 Å². The molecule has 96 valence electrons. The van der Waals surface area contributed by atoms with Crippen LogP contribution in [-0.2, 0) is 10.1 Å². The van der Waals surface area contributed by atoms with E-state index in [2.05, 4.69) is 5.32 Å². The van der Waals surface area contributed by atoms with Gasteiger partial charge >= 0.3 is 29.6 Å². The van der Waals surface area contributed by atoms with Gasteiger partial charge in [0.2, 0.25) is 0 Å². The van der Waals surface area contributed by atoms with Crippen molar-refractivity contribution in [2.45, 2.75) is 6.42 Å². The summed E-state index contributed by atoms with van der Waals surface area (Å²) in [4.78, 5) is 0. The fourth-order valence-electron chi connectivity index (χ4n) is 1.85. The van der Waals surface area contributed by atoms with E-state index in [9.17, 15) is 13.0 Å². The zero-order chi connectivity index (χ0) is 13.0. The molecular weight excluding hydrogens is 273 g/mol. The molecule has 2 aromatic rings. The minimum atomic E-state index is -4.11. The SMILES string of the molecule is O=S(=O)([O-])CCCNc1cccc2ccccc12.[Na+]. The van der Waals surface area contributed by atoms with Gasteiger partial charge in [-0.05, 0) is 17.9 Å². The van der Waals surface area contributed by atoms with Crippen LogP contribution >= 0.6 is 0 Å². The number of fused-ring (bicyclic) bond motifs is 1. The van der Waals surface area contributed by atoms with Crippen molar-refractivity contribution >= 4 is 26.6 Å². The summed E-state index contributed by atoms with van der Waals surface area (Å²) < 4.78 is 31.4. The Morgan fingerprint density at radius 3 is 2.47 bits per heavy atom. The van der Waals surface area contributed by atoms with Gasteiger partial charge in [-0.15, -0.1) is 0 Å². The van der Waals surface area contributed by atoms with Crippen LogP contribution in [0.25, 0.3) is 10.8 Å². The molecule has 0 aliphatic carbocycles. The van der Waals surface area contributed by atoms with E-state index in [-0.39, 0.29) is 35.3 Å². The van der Waals surface area contributed by atoms with Crippen LogP contribution < -0.4 is 34.9 Å². The maximum atomic E-state index is 10.5. The van der Waals surface area contributed by atoms with Gasteiger partial charge in [0.1, 0.15) is 0 Å². The molecular formula is C13H14NNaO3S. The zero-order valence-electron chi connectivity index (χ0n) is 10.8. The molecule has 0 saturated heterocycles. The smallest absolute Gasteiger partial charge is 0.748 e. The standard InChI is InChI=1S/C13H15NO3S.Na/c15-18(16,17)10-4-9-14-13-8-3-6-11-5-1-2-7-12(11)13;/h1-3,5-8,14H,4,9-10H2,(H,15,16,17);/q;+1/p-1. The van der Waals surface area contributed by atoms with E-state index < -0.39 is 10.1 Å². The molecule has 0 radical (unpaired) electrons. The van der Waals surface area contributed by atoms with Gasteiger partial charge in [-0.2, -0.15) is 0 Å². The minimum absolute atomic E-state index is 0. The Labute approximate surface area is 135 Å². The Balaban J connectivity index is 0.00000180. The van der Waals surface area contributed by atoms with Crippen molar-refractivity contribution in [3.8, 4) is 0 Å². The molecule has 1 N–H and O–H groups in total. The van der Waals surface area contributed by atoms with Crippen molar-refractivity contribution in [3.05, 3.63) is 42.5 Å². The number of hydrogen-bond donors (Lipinski definition) is 1. The van der Waals surface area contributed by atoms with Crippen LogP contribution in [0.2, 0.25) is 0 Å². The molecule has 0 fully saturated rings. The van der Waals surface area contributed by atoms with E-state index in [1.165, 1.54) is 0 Å². The predicted molar refractivity (Wildman–Crippen MR) is 71.6 cm³/mol. The fourth-order valence-corrected chi connectivity index (χ4v) is 2.35. The van der Waals surface area contributed by atoms with Gasteiger partial charge in [0.15, 0.2) is 0 Å². The van der Waals surface area contributed by atoms with Crippen LogP contribution in [0.4, 0.5) is 5.69 Å². The summed E-state index contributed by atoms with van der Waals surface area (Å²) in [6.45, 7) is 0.468. The normalized spacial score (nSPS) is 11.0. The first-order valence-corrected chi connectivity index (χ1v) is 7.29. The first kappa shape index (κ1) is 16.5. The van der Waals surface area contributed by atoms with Crippen molar-refractivity contribution in [1.29, 1.82) is 0 Å². The molecule has 0 unspecified atom stereocenters. The van der Waals surface area contributed by atoms with Gasteiger partial charge in [-0.3, -0.25) is 0 Å². The third-order valence-corrected chi connectivity index (χ3v) is 3.46. The van der Waals surface area contributed by atoms with E-state index in [1.54, 1.807) is 0 Å². The first-order chi connectivity index (χ1) is 8.56. The molecule has 2 rings (SSSR count). The molecule has 0 aromatic heterocycles. The van der Waals surface area contributed by atoms with Crippen molar-refractivity contribution in [2.24, 2.45) is 0 Å². The Kier molecular flexibility index (Phi) is 6.29. The van der Waals surface area contributed by atoms with Crippen LogP contribution in [0.1, 0.15) is 6.42 Å². The average molecular weight is 287 g/mol. The van der Waals surface area contributed by atoms with Gasteiger partial charge in [0.05, 0.1) is 10.1 Å². The quantitative estimate of drug-likeness (QED) is 0.444. The number of hydrogen-bond acceptors (Lipinski definition) is 4. The van der Waals surface area contributed by atoms with Gasteiger partial charge in [-0.25, -0.2) is 8.42 Å². The van der Waals surface area contributed by atoms with Crippen molar-refractivity contribution < 1.29 is 42.5 Å². The Hall–Kier alpha value is -0.590. The molecule has 0 spiro atoms. The van der Waals surface area contributed by atoms with E-state index in [0.29, 0.717) is 13.0 Å². The Bertz CT molecular complexity index is 638. The molecule has 0 amide bonds. The molecule has 0 heterocycles. The zero-order valence-corrected chi connectivity index (χ0v) is 13.6. The summed E-state index contributed by atoms with van der Waals surface area (Å²) in [6.07, 6.45) is 0.315. The second kappa shape index (κ2) is 7.26. The summed E-state index contributed by atoms with van der Waals surface area (Å²) >= 11 is 0.